The van der Waals surface area contributed by atoms with E-state index in [1.165, 1.54) is 4.90 Å². The molecule has 0 aliphatic carbocycles. The topological polar surface area (TPSA) is 289 Å². The minimum Gasteiger partial charge on any atom is -0.480 e. The van der Waals surface area contributed by atoms with Crippen LogP contribution in [-0.4, -0.2) is 198 Å². The number of aliphatic carboxylic acids is 1. The number of hydrogen-bond acceptors (Lipinski definition) is 15. The standard InChI is InChI=1S/C46H72N15O6P.CH4/c1-35(2)52-55-44(50-4)39-12-10-38(11-13-39)33-42(63)59(21-19-51-41(62)32-37-8-14-40(15-9-37)45-56-53-36(3)54-57-45)24-25-60(46(66)61(34-43(64)65)20-7-5-6-16-47)23-22-58(26-29-67-28-17-48)27-31-68-30-18-49;/h8-15,68H,4-7,16-34,47-49H2,1-3H3,(H,51,62)(H,64,65);1H4/b55-44-;. The van der Waals surface area contributed by atoms with Crippen molar-refractivity contribution >= 4 is 50.7 Å². The van der Waals surface area contributed by atoms with Crippen LogP contribution in [0.25, 0.3) is 11.4 Å². The molecule has 0 bridgehead atoms. The van der Waals surface area contributed by atoms with Gasteiger partial charge in [0.1, 0.15) is 6.54 Å². The molecule has 8 N–H and O–H groups in total. The monoisotopic (exact) mass is 978 g/mol. The minimum atomic E-state index is -1.13. The number of nitrogens with zero attached hydrogens (tertiary/aromatic N) is 11. The van der Waals surface area contributed by atoms with Gasteiger partial charge in [-0.3, -0.25) is 19.3 Å². The molecule has 0 fully saturated rings. The van der Waals surface area contributed by atoms with Gasteiger partial charge in [-0.2, -0.15) is 5.10 Å². The lowest BCUT2D eigenvalue weighted by Gasteiger charge is -2.34. The molecule has 1 heterocycles. The van der Waals surface area contributed by atoms with E-state index in [-0.39, 0.29) is 71.4 Å². The lowest BCUT2D eigenvalue weighted by atomic mass is 10.1. The van der Waals surface area contributed by atoms with Gasteiger partial charge in [0.05, 0.1) is 26.1 Å². The molecule has 0 aliphatic heterocycles. The molecule has 3 aromatic rings. The Bertz CT molecular complexity index is 2030. The van der Waals surface area contributed by atoms with Gasteiger partial charge in [0.15, 0.2) is 11.7 Å². The average molecular weight is 978 g/mol. The molecule has 2 aromatic carbocycles. The number of carbonyl (C=O) groups is 4. The van der Waals surface area contributed by atoms with Crippen molar-refractivity contribution < 1.29 is 29.0 Å². The zero-order valence-corrected chi connectivity index (χ0v) is 41.0. The summed E-state index contributed by atoms with van der Waals surface area (Å²) in [5.74, 6) is -0.435. The normalized spacial score (nSPS) is 11.3. The number of amides is 4. The summed E-state index contributed by atoms with van der Waals surface area (Å²) >= 11 is 0. The van der Waals surface area contributed by atoms with Gasteiger partial charge < -0.3 is 47.1 Å². The highest BCUT2D eigenvalue weighted by molar-refractivity contribution is 7.38. The number of ether oxygens (including phenoxy) is 1. The molecule has 0 spiro atoms. The van der Waals surface area contributed by atoms with Gasteiger partial charge in [-0.1, -0.05) is 62.4 Å². The molecule has 1 atom stereocenters. The van der Waals surface area contributed by atoms with E-state index in [0.29, 0.717) is 89.6 Å². The number of amidine groups is 1. The van der Waals surface area contributed by atoms with E-state index in [9.17, 15) is 24.3 Å². The Morgan fingerprint density at radius 1 is 0.725 bits per heavy atom. The maximum Gasteiger partial charge on any atom is 0.323 e. The van der Waals surface area contributed by atoms with Gasteiger partial charge in [-0.15, -0.1) is 34.1 Å². The first kappa shape index (κ1) is 59.4. The van der Waals surface area contributed by atoms with Crippen LogP contribution in [0.1, 0.15) is 63.1 Å². The van der Waals surface area contributed by atoms with Crippen LogP contribution in [0.4, 0.5) is 4.79 Å². The lowest BCUT2D eigenvalue weighted by molar-refractivity contribution is -0.137. The second-order valence-electron chi connectivity index (χ2n) is 16.1. The molecule has 21 nitrogen and oxygen atoms in total. The second kappa shape index (κ2) is 34.6. The molecular formula is C47H76N15O6P. The summed E-state index contributed by atoms with van der Waals surface area (Å²) < 4.78 is 5.70. The predicted octanol–water partition coefficient (Wildman–Crippen LogP) is 2.30. The number of nitrogens with two attached hydrogens (primary N) is 3. The minimum absolute atomic E-state index is 0. The molecule has 0 radical (unpaired) electrons. The summed E-state index contributed by atoms with van der Waals surface area (Å²) in [7, 11) is 0.686. The maximum atomic E-state index is 14.4. The Kier molecular flexibility index (Phi) is 29.8. The third kappa shape index (κ3) is 23.9. The molecular weight excluding hydrogens is 902 g/mol. The highest BCUT2D eigenvalue weighted by Gasteiger charge is 2.25. The number of benzene rings is 2. The Morgan fingerprint density at radius 3 is 2.03 bits per heavy atom. The van der Waals surface area contributed by atoms with Gasteiger partial charge in [0.25, 0.3) is 0 Å². The fraction of sp³-hybridized carbons (Fsp3) is 0.553. The molecule has 380 valence electrons. The smallest absolute Gasteiger partial charge is 0.323 e. The average Bonchev–Trinajstić information content (AvgIpc) is 3.32. The summed E-state index contributed by atoms with van der Waals surface area (Å²) in [6, 6.07) is 14.0. The van der Waals surface area contributed by atoms with Crippen LogP contribution < -0.4 is 22.5 Å². The number of carbonyl (C=O) groups excluding carboxylic acids is 3. The molecule has 22 heteroatoms. The lowest BCUT2D eigenvalue weighted by Crippen LogP contribution is -2.51. The van der Waals surface area contributed by atoms with E-state index >= 15 is 0 Å². The number of carboxylic acids is 1. The fourth-order valence-electron chi connectivity index (χ4n) is 6.71. The van der Waals surface area contributed by atoms with Crippen LogP contribution in [0.5, 0.6) is 0 Å². The molecule has 1 aromatic heterocycles. The second-order valence-corrected chi connectivity index (χ2v) is 17.6. The molecule has 0 aliphatic rings. The summed E-state index contributed by atoms with van der Waals surface area (Å²) in [5, 5.41) is 37.1. The van der Waals surface area contributed by atoms with Gasteiger partial charge in [0, 0.05) is 82.3 Å². The first-order valence-electron chi connectivity index (χ1n) is 23.1. The number of nitrogens with one attached hydrogen (secondary N) is 1. The van der Waals surface area contributed by atoms with Crippen molar-refractivity contribution in [3.05, 3.63) is 71.0 Å². The van der Waals surface area contributed by atoms with Crippen LogP contribution in [0.3, 0.4) is 0 Å². The predicted molar refractivity (Wildman–Crippen MR) is 275 cm³/mol. The van der Waals surface area contributed by atoms with Gasteiger partial charge in [0.2, 0.25) is 17.6 Å². The molecule has 1 unspecified atom stereocenters. The van der Waals surface area contributed by atoms with E-state index in [2.05, 4.69) is 52.5 Å². The van der Waals surface area contributed by atoms with Gasteiger partial charge in [-0.25, -0.2) is 9.79 Å². The number of rotatable bonds is 33. The van der Waals surface area contributed by atoms with Crippen LogP contribution in [-0.2, 0) is 32.0 Å². The Balaban J connectivity index is 0.0000163. The molecule has 3 rings (SSSR count). The van der Waals surface area contributed by atoms with Gasteiger partial charge in [-0.05, 0) is 76.9 Å². The van der Waals surface area contributed by atoms with Gasteiger partial charge >= 0.3 is 12.0 Å². The number of aliphatic imine (C=N–C) groups is 1. The van der Waals surface area contributed by atoms with Crippen LogP contribution >= 0.6 is 8.58 Å². The Morgan fingerprint density at radius 2 is 1.39 bits per heavy atom. The van der Waals surface area contributed by atoms with Crippen molar-refractivity contribution in [1.82, 2.24) is 45.3 Å². The number of aromatic nitrogens is 4. The number of urea groups is 1. The third-order valence-corrected chi connectivity index (χ3v) is 11.6. The molecule has 69 heavy (non-hydrogen) atoms. The number of hydrogen-bond donors (Lipinski definition) is 5. The van der Waals surface area contributed by atoms with E-state index in [1.54, 1.807) is 41.0 Å². The van der Waals surface area contributed by atoms with Crippen molar-refractivity contribution in [2.45, 2.75) is 60.3 Å². The van der Waals surface area contributed by atoms with Crippen molar-refractivity contribution in [2.75, 3.05) is 111 Å². The van der Waals surface area contributed by atoms with Crippen molar-refractivity contribution in [2.24, 2.45) is 32.4 Å². The quantitative estimate of drug-likeness (QED) is 0.0193. The van der Waals surface area contributed by atoms with Crippen LogP contribution in [0.15, 0.2) is 63.7 Å². The number of unbranched alkanes of at least 4 members (excludes halogenated alkanes) is 2. The summed E-state index contributed by atoms with van der Waals surface area (Å²) in [5.41, 5.74) is 20.8. The highest BCUT2D eigenvalue weighted by Crippen LogP contribution is 2.15. The van der Waals surface area contributed by atoms with E-state index in [4.69, 9.17) is 21.9 Å². The summed E-state index contributed by atoms with van der Waals surface area (Å²) in [6.07, 6.45) is 4.04. The maximum absolute atomic E-state index is 14.4. The van der Waals surface area contributed by atoms with Crippen LogP contribution in [0, 0.1) is 6.92 Å². The molecule has 4 amide bonds. The summed E-state index contributed by atoms with van der Waals surface area (Å²) in [4.78, 5) is 64.8. The molecule has 0 saturated carbocycles. The van der Waals surface area contributed by atoms with Crippen molar-refractivity contribution in [3.63, 3.8) is 0 Å². The zero-order valence-electron chi connectivity index (χ0n) is 40.0. The van der Waals surface area contributed by atoms with Crippen LogP contribution in [0.2, 0.25) is 0 Å². The van der Waals surface area contributed by atoms with Crippen molar-refractivity contribution in [1.29, 1.82) is 0 Å². The van der Waals surface area contributed by atoms with Crippen molar-refractivity contribution in [3.8, 4) is 11.4 Å². The van der Waals surface area contributed by atoms with E-state index in [1.807, 2.05) is 38.1 Å². The largest absolute Gasteiger partial charge is 0.480 e. The summed E-state index contributed by atoms with van der Waals surface area (Å²) in [6.45, 7) is 13.7. The number of carboxylic acid groups (broad SMARTS) is 1. The van der Waals surface area contributed by atoms with E-state index < -0.39 is 18.5 Å². The zero-order chi connectivity index (χ0) is 49.5. The molecule has 0 saturated heterocycles. The first-order chi connectivity index (χ1) is 32.9. The van der Waals surface area contributed by atoms with E-state index in [0.717, 1.165) is 48.5 Å². The SMILES string of the molecule is C.C=N/C(=N\N=C(C)C)c1ccc(CC(=O)N(CCNC(=O)Cc2ccc(-c3nnc(C)nn3)cc2)CCN(CCN(CCOCCN)CCPCCN)C(=O)N(CCCCCN)CC(=O)O)cc1. The Labute approximate surface area is 409 Å². The third-order valence-electron chi connectivity index (χ3n) is 10.3. The Hall–Kier alpha value is -5.70. The highest BCUT2D eigenvalue weighted by atomic mass is 31.1. The number of aryl methyl sites for hydroxylation is 1. The fourth-order valence-corrected chi connectivity index (χ4v) is 7.64. The first-order valence-corrected chi connectivity index (χ1v) is 24.5.